The number of carbonyl (C=O) groups is 1. The number of nitrogen functional groups attached to an aromatic ring is 1. The quantitative estimate of drug-likeness (QED) is 0.833. The standard InChI is InChI=1S/C14H13BrN2O/c1-9-6-7-11(15)10(8-9)14(18)17-13-5-3-2-4-12(13)16/h2-8H,16H2,1H3,(H,17,18). The molecule has 0 heterocycles. The molecule has 4 heteroatoms. The van der Waals surface area contributed by atoms with E-state index in [4.69, 9.17) is 5.73 Å². The number of aryl methyl sites for hydroxylation is 1. The fourth-order valence-electron chi connectivity index (χ4n) is 1.61. The number of hydrogen-bond donors (Lipinski definition) is 2. The van der Waals surface area contributed by atoms with Gasteiger partial charge < -0.3 is 11.1 Å². The third-order valence-electron chi connectivity index (χ3n) is 2.58. The second kappa shape index (κ2) is 5.23. The van der Waals surface area contributed by atoms with Crippen molar-refractivity contribution in [1.82, 2.24) is 0 Å². The first-order valence-corrected chi connectivity index (χ1v) is 6.29. The van der Waals surface area contributed by atoms with Crippen LogP contribution in [-0.4, -0.2) is 5.91 Å². The van der Waals surface area contributed by atoms with Crippen molar-refractivity contribution >= 4 is 33.2 Å². The molecule has 3 nitrogen and oxygen atoms in total. The first-order chi connectivity index (χ1) is 8.58. The molecule has 0 fully saturated rings. The second-order valence-corrected chi connectivity index (χ2v) is 4.88. The topological polar surface area (TPSA) is 55.1 Å². The smallest absolute Gasteiger partial charge is 0.256 e. The summed E-state index contributed by atoms with van der Waals surface area (Å²) in [4.78, 5) is 12.1. The monoisotopic (exact) mass is 304 g/mol. The largest absolute Gasteiger partial charge is 0.397 e. The average molecular weight is 305 g/mol. The zero-order chi connectivity index (χ0) is 13.1. The van der Waals surface area contributed by atoms with Crippen LogP contribution in [0.15, 0.2) is 46.9 Å². The van der Waals surface area contributed by atoms with E-state index < -0.39 is 0 Å². The van der Waals surface area contributed by atoms with Crippen LogP contribution in [0, 0.1) is 6.92 Å². The molecule has 0 spiro atoms. The number of amides is 1. The van der Waals surface area contributed by atoms with Gasteiger partial charge in [-0.1, -0.05) is 23.8 Å². The van der Waals surface area contributed by atoms with Gasteiger partial charge in [-0.05, 0) is 47.1 Å². The summed E-state index contributed by atoms with van der Waals surface area (Å²) in [5, 5.41) is 2.80. The molecule has 2 aromatic rings. The van der Waals surface area contributed by atoms with E-state index >= 15 is 0 Å². The molecule has 0 aliphatic carbocycles. The molecular formula is C14H13BrN2O. The zero-order valence-corrected chi connectivity index (χ0v) is 11.5. The Morgan fingerprint density at radius 2 is 1.94 bits per heavy atom. The van der Waals surface area contributed by atoms with Gasteiger partial charge in [0.1, 0.15) is 0 Å². The number of nitrogens with two attached hydrogens (primary N) is 1. The van der Waals surface area contributed by atoms with Crippen LogP contribution in [0.2, 0.25) is 0 Å². The van der Waals surface area contributed by atoms with Crippen LogP contribution >= 0.6 is 15.9 Å². The number of rotatable bonds is 2. The van der Waals surface area contributed by atoms with Gasteiger partial charge in [-0.15, -0.1) is 0 Å². The van der Waals surface area contributed by atoms with E-state index in [0.29, 0.717) is 16.9 Å². The molecule has 0 saturated heterocycles. The van der Waals surface area contributed by atoms with E-state index in [1.807, 2.05) is 37.3 Å². The fourth-order valence-corrected chi connectivity index (χ4v) is 2.04. The van der Waals surface area contributed by atoms with Gasteiger partial charge in [0.15, 0.2) is 0 Å². The minimum absolute atomic E-state index is 0.177. The summed E-state index contributed by atoms with van der Waals surface area (Å²) in [6.07, 6.45) is 0. The van der Waals surface area contributed by atoms with Gasteiger partial charge >= 0.3 is 0 Å². The Morgan fingerprint density at radius 1 is 1.22 bits per heavy atom. The van der Waals surface area contributed by atoms with Crippen molar-refractivity contribution < 1.29 is 4.79 Å². The van der Waals surface area contributed by atoms with Crippen LogP contribution in [0.1, 0.15) is 15.9 Å². The molecule has 92 valence electrons. The molecule has 0 radical (unpaired) electrons. The highest BCUT2D eigenvalue weighted by molar-refractivity contribution is 9.10. The molecule has 0 atom stereocenters. The van der Waals surface area contributed by atoms with E-state index in [2.05, 4.69) is 21.2 Å². The molecule has 0 unspecified atom stereocenters. The maximum atomic E-state index is 12.1. The number of carbonyl (C=O) groups excluding carboxylic acids is 1. The van der Waals surface area contributed by atoms with Crippen LogP contribution < -0.4 is 11.1 Å². The molecule has 0 aliphatic rings. The number of nitrogens with one attached hydrogen (secondary N) is 1. The van der Waals surface area contributed by atoms with Crippen LogP contribution in [-0.2, 0) is 0 Å². The van der Waals surface area contributed by atoms with Gasteiger partial charge in [0, 0.05) is 4.47 Å². The highest BCUT2D eigenvalue weighted by Gasteiger charge is 2.11. The molecule has 0 aliphatic heterocycles. The maximum Gasteiger partial charge on any atom is 0.256 e. The van der Waals surface area contributed by atoms with Crippen LogP contribution in [0.5, 0.6) is 0 Å². The fraction of sp³-hybridized carbons (Fsp3) is 0.0714. The molecule has 0 aromatic heterocycles. The highest BCUT2D eigenvalue weighted by atomic mass is 79.9. The van der Waals surface area contributed by atoms with Gasteiger partial charge in [0.2, 0.25) is 0 Å². The predicted molar refractivity (Wildman–Crippen MR) is 77.7 cm³/mol. The van der Waals surface area contributed by atoms with E-state index in [9.17, 15) is 4.79 Å². The van der Waals surface area contributed by atoms with E-state index in [-0.39, 0.29) is 5.91 Å². The van der Waals surface area contributed by atoms with Crippen molar-refractivity contribution in [2.45, 2.75) is 6.92 Å². The average Bonchev–Trinajstić information content (AvgIpc) is 2.35. The van der Waals surface area contributed by atoms with Crippen LogP contribution in [0.3, 0.4) is 0 Å². The number of anilines is 2. The lowest BCUT2D eigenvalue weighted by Gasteiger charge is -2.09. The summed E-state index contributed by atoms with van der Waals surface area (Å²) < 4.78 is 0.764. The van der Waals surface area contributed by atoms with E-state index in [1.54, 1.807) is 12.1 Å². The first-order valence-electron chi connectivity index (χ1n) is 5.50. The van der Waals surface area contributed by atoms with Gasteiger partial charge in [-0.25, -0.2) is 0 Å². The van der Waals surface area contributed by atoms with Crippen LogP contribution in [0.25, 0.3) is 0 Å². The molecular weight excluding hydrogens is 292 g/mol. The Labute approximate surface area is 114 Å². The minimum Gasteiger partial charge on any atom is -0.397 e. The lowest BCUT2D eigenvalue weighted by atomic mass is 10.1. The summed E-state index contributed by atoms with van der Waals surface area (Å²) in [5.74, 6) is -0.177. The summed E-state index contributed by atoms with van der Waals surface area (Å²) in [6.45, 7) is 1.94. The summed E-state index contributed by atoms with van der Waals surface area (Å²) in [6, 6.07) is 12.8. The molecule has 2 rings (SSSR count). The van der Waals surface area contributed by atoms with Crippen molar-refractivity contribution in [3.8, 4) is 0 Å². The van der Waals surface area contributed by atoms with Gasteiger partial charge in [0.25, 0.3) is 5.91 Å². The van der Waals surface area contributed by atoms with E-state index in [0.717, 1.165) is 10.0 Å². The number of halogens is 1. The Balaban J connectivity index is 2.28. The third-order valence-corrected chi connectivity index (χ3v) is 3.27. The van der Waals surface area contributed by atoms with Crippen molar-refractivity contribution in [1.29, 1.82) is 0 Å². The summed E-state index contributed by atoms with van der Waals surface area (Å²) >= 11 is 3.37. The lowest BCUT2D eigenvalue weighted by molar-refractivity contribution is 0.102. The molecule has 1 amide bonds. The molecule has 0 bridgehead atoms. The van der Waals surface area contributed by atoms with Crippen molar-refractivity contribution in [3.63, 3.8) is 0 Å². The number of benzene rings is 2. The zero-order valence-electron chi connectivity index (χ0n) is 9.91. The van der Waals surface area contributed by atoms with Gasteiger partial charge in [0.05, 0.1) is 16.9 Å². The third kappa shape index (κ3) is 2.71. The predicted octanol–water partition coefficient (Wildman–Crippen LogP) is 3.59. The Kier molecular flexibility index (Phi) is 3.67. The van der Waals surface area contributed by atoms with E-state index in [1.165, 1.54) is 0 Å². The Bertz CT molecular complexity index is 596. The Hall–Kier alpha value is -1.81. The SMILES string of the molecule is Cc1ccc(Br)c(C(=O)Nc2ccccc2N)c1. The Morgan fingerprint density at radius 3 is 2.67 bits per heavy atom. The molecule has 0 saturated carbocycles. The van der Waals surface area contributed by atoms with Gasteiger partial charge in [-0.3, -0.25) is 4.79 Å². The summed E-state index contributed by atoms with van der Waals surface area (Å²) in [7, 11) is 0. The maximum absolute atomic E-state index is 12.1. The molecule has 3 N–H and O–H groups in total. The number of hydrogen-bond acceptors (Lipinski definition) is 2. The highest BCUT2D eigenvalue weighted by Crippen LogP contribution is 2.22. The van der Waals surface area contributed by atoms with Gasteiger partial charge in [-0.2, -0.15) is 0 Å². The minimum atomic E-state index is -0.177. The number of para-hydroxylation sites is 2. The normalized spacial score (nSPS) is 10.1. The van der Waals surface area contributed by atoms with Crippen LogP contribution in [0.4, 0.5) is 11.4 Å². The van der Waals surface area contributed by atoms with Crippen molar-refractivity contribution in [3.05, 3.63) is 58.1 Å². The van der Waals surface area contributed by atoms with Crippen molar-refractivity contribution in [2.24, 2.45) is 0 Å². The summed E-state index contributed by atoms with van der Waals surface area (Å²) in [5.41, 5.74) is 8.59. The lowest BCUT2D eigenvalue weighted by Crippen LogP contribution is -2.13. The second-order valence-electron chi connectivity index (χ2n) is 4.02. The molecule has 2 aromatic carbocycles. The first kappa shape index (κ1) is 12.6. The molecule has 18 heavy (non-hydrogen) atoms. The van der Waals surface area contributed by atoms with Crippen molar-refractivity contribution in [2.75, 3.05) is 11.1 Å².